The number of amides is 1. The summed E-state index contributed by atoms with van der Waals surface area (Å²) in [5, 5.41) is 4.79. The number of nitrogens with two attached hydrogens (primary N) is 1. The highest BCUT2D eigenvalue weighted by molar-refractivity contribution is 7.09. The van der Waals surface area contributed by atoms with Crippen molar-refractivity contribution in [3.63, 3.8) is 0 Å². The topological polar surface area (TPSA) is 77.2 Å². The summed E-state index contributed by atoms with van der Waals surface area (Å²) in [6.07, 6.45) is -4.43. The van der Waals surface area contributed by atoms with E-state index in [1.54, 1.807) is 18.4 Å². The van der Waals surface area contributed by atoms with Crippen molar-refractivity contribution in [2.24, 2.45) is 5.73 Å². The van der Waals surface area contributed by atoms with E-state index in [4.69, 9.17) is 10.5 Å². The minimum atomic E-state index is -4.43. The van der Waals surface area contributed by atoms with E-state index >= 15 is 0 Å². The average Bonchev–Trinajstić information content (AvgIpc) is 2.96. The SMILES string of the molecule is Cc1c(NC(=O)c2csc(CN)n2)cccc1OCC(F)(F)F.Cl. The van der Waals surface area contributed by atoms with Crippen LogP contribution in [0.5, 0.6) is 5.75 Å². The fraction of sp³-hybridized carbons (Fsp3) is 0.286. The molecule has 5 nitrogen and oxygen atoms in total. The van der Waals surface area contributed by atoms with Crippen LogP contribution in [0.2, 0.25) is 0 Å². The van der Waals surface area contributed by atoms with Crippen LogP contribution in [0.15, 0.2) is 23.6 Å². The van der Waals surface area contributed by atoms with Gasteiger partial charge in [0.1, 0.15) is 16.5 Å². The van der Waals surface area contributed by atoms with Crippen LogP contribution in [-0.4, -0.2) is 23.7 Å². The zero-order chi connectivity index (χ0) is 17.0. The molecule has 0 spiro atoms. The van der Waals surface area contributed by atoms with Crippen molar-refractivity contribution in [2.75, 3.05) is 11.9 Å². The van der Waals surface area contributed by atoms with E-state index in [0.29, 0.717) is 16.3 Å². The van der Waals surface area contributed by atoms with E-state index in [9.17, 15) is 18.0 Å². The van der Waals surface area contributed by atoms with Gasteiger partial charge in [0.15, 0.2) is 6.61 Å². The maximum Gasteiger partial charge on any atom is 0.422 e. The van der Waals surface area contributed by atoms with Gasteiger partial charge in [-0.3, -0.25) is 4.79 Å². The van der Waals surface area contributed by atoms with Crippen LogP contribution in [0.1, 0.15) is 21.1 Å². The minimum absolute atomic E-state index is 0. The van der Waals surface area contributed by atoms with Gasteiger partial charge in [-0.25, -0.2) is 4.98 Å². The molecule has 10 heteroatoms. The van der Waals surface area contributed by atoms with E-state index in [0.717, 1.165) is 0 Å². The number of benzene rings is 1. The summed E-state index contributed by atoms with van der Waals surface area (Å²) >= 11 is 1.26. The standard InChI is InChI=1S/C14H14F3N3O2S.ClH/c1-8-9(3-2-4-11(8)22-7-14(15,16)17)20-13(21)10-6-23-12(5-18)19-10;/h2-4,6H,5,7,18H2,1H3,(H,20,21);1H. The molecule has 1 aromatic carbocycles. The zero-order valence-corrected chi connectivity index (χ0v) is 14.1. The highest BCUT2D eigenvalue weighted by Crippen LogP contribution is 2.27. The normalized spacial score (nSPS) is 10.9. The lowest BCUT2D eigenvalue weighted by molar-refractivity contribution is -0.153. The molecule has 1 aromatic heterocycles. The molecule has 0 bridgehead atoms. The largest absolute Gasteiger partial charge is 0.484 e. The van der Waals surface area contributed by atoms with Crippen LogP contribution in [0.3, 0.4) is 0 Å². The number of hydrogen-bond acceptors (Lipinski definition) is 5. The molecule has 0 fully saturated rings. The molecule has 132 valence electrons. The predicted octanol–water partition coefficient (Wildman–Crippen LogP) is 3.53. The number of nitrogens with zero attached hydrogens (tertiary/aromatic N) is 1. The number of halogens is 4. The van der Waals surface area contributed by atoms with Crippen molar-refractivity contribution in [3.8, 4) is 5.75 Å². The lowest BCUT2D eigenvalue weighted by atomic mass is 10.1. The first kappa shape index (κ1) is 20.2. The van der Waals surface area contributed by atoms with Gasteiger partial charge >= 0.3 is 6.18 Å². The van der Waals surface area contributed by atoms with Crippen molar-refractivity contribution >= 4 is 35.3 Å². The Hall–Kier alpha value is -1.84. The monoisotopic (exact) mass is 381 g/mol. The molecule has 0 aliphatic rings. The van der Waals surface area contributed by atoms with Gasteiger partial charge in [0.05, 0.1) is 0 Å². The van der Waals surface area contributed by atoms with Gasteiger partial charge in [-0.05, 0) is 19.1 Å². The minimum Gasteiger partial charge on any atom is -0.484 e. The Kier molecular flexibility index (Phi) is 7.00. The fourth-order valence-corrected chi connectivity index (χ4v) is 2.42. The van der Waals surface area contributed by atoms with Crippen LogP contribution in [0, 0.1) is 6.92 Å². The second-order valence-electron chi connectivity index (χ2n) is 4.62. The molecule has 0 atom stereocenters. The summed E-state index contributed by atoms with van der Waals surface area (Å²) in [6, 6.07) is 4.48. The summed E-state index contributed by atoms with van der Waals surface area (Å²) in [7, 11) is 0. The maximum atomic E-state index is 12.2. The van der Waals surface area contributed by atoms with Crippen molar-refractivity contribution in [1.29, 1.82) is 0 Å². The molecule has 1 amide bonds. The molecule has 1 heterocycles. The maximum absolute atomic E-state index is 12.2. The molecule has 2 rings (SSSR count). The highest BCUT2D eigenvalue weighted by Gasteiger charge is 2.28. The van der Waals surface area contributed by atoms with E-state index < -0.39 is 18.7 Å². The summed E-state index contributed by atoms with van der Waals surface area (Å²) in [6.45, 7) is 0.405. The first-order chi connectivity index (χ1) is 10.8. The number of carbonyl (C=O) groups is 1. The van der Waals surface area contributed by atoms with Crippen molar-refractivity contribution in [3.05, 3.63) is 39.8 Å². The third kappa shape index (κ3) is 5.36. The lowest BCUT2D eigenvalue weighted by Crippen LogP contribution is -2.20. The lowest BCUT2D eigenvalue weighted by Gasteiger charge is -2.14. The Labute approximate surface area is 146 Å². The molecule has 24 heavy (non-hydrogen) atoms. The van der Waals surface area contributed by atoms with Gasteiger partial charge in [-0.1, -0.05) is 6.07 Å². The zero-order valence-electron chi connectivity index (χ0n) is 12.5. The van der Waals surface area contributed by atoms with Gasteiger partial charge < -0.3 is 15.8 Å². The van der Waals surface area contributed by atoms with Crippen LogP contribution >= 0.6 is 23.7 Å². The van der Waals surface area contributed by atoms with Crippen molar-refractivity contribution < 1.29 is 22.7 Å². The summed E-state index contributed by atoms with van der Waals surface area (Å²) in [5.41, 5.74) is 6.40. The van der Waals surface area contributed by atoms with Crippen molar-refractivity contribution in [1.82, 2.24) is 4.98 Å². The number of anilines is 1. The van der Waals surface area contributed by atoms with E-state index in [1.807, 2.05) is 0 Å². The molecule has 0 radical (unpaired) electrons. The molecule has 0 saturated carbocycles. The quantitative estimate of drug-likeness (QED) is 0.830. The Bertz CT molecular complexity index is 707. The fourth-order valence-electron chi connectivity index (χ4n) is 1.76. The Morgan fingerprint density at radius 3 is 2.71 bits per heavy atom. The summed E-state index contributed by atoms with van der Waals surface area (Å²) in [5.74, 6) is -0.405. The van der Waals surface area contributed by atoms with E-state index in [1.165, 1.54) is 23.5 Å². The van der Waals surface area contributed by atoms with Crippen LogP contribution in [0.25, 0.3) is 0 Å². The molecular formula is C14H15ClF3N3O2S. The summed E-state index contributed by atoms with van der Waals surface area (Å²) < 4.78 is 41.4. The molecule has 2 aromatic rings. The van der Waals surface area contributed by atoms with E-state index in [2.05, 4.69) is 10.3 Å². The molecule has 0 saturated heterocycles. The molecular weight excluding hydrogens is 367 g/mol. The number of nitrogens with one attached hydrogen (secondary N) is 1. The second kappa shape index (κ2) is 8.32. The number of aromatic nitrogens is 1. The average molecular weight is 382 g/mol. The second-order valence-corrected chi connectivity index (χ2v) is 5.56. The first-order valence-electron chi connectivity index (χ1n) is 6.55. The van der Waals surface area contributed by atoms with Crippen LogP contribution < -0.4 is 15.8 Å². The van der Waals surface area contributed by atoms with Gasteiger partial charge in [0.2, 0.25) is 0 Å². The molecule has 3 N–H and O–H groups in total. The molecule has 0 unspecified atom stereocenters. The van der Waals surface area contributed by atoms with Gasteiger partial charge in [0, 0.05) is 23.2 Å². The number of thiazole rings is 1. The van der Waals surface area contributed by atoms with E-state index in [-0.39, 0.29) is 30.4 Å². The number of carbonyl (C=O) groups excluding carboxylic acids is 1. The Morgan fingerprint density at radius 1 is 1.42 bits per heavy atom. The third-order valence-electron chi connectivity index (χ3n) is 2.88. The van der Waals surface area contributed by atoms with Crippen LogP contribution in [0.4, 0.5) is 18.9 Å². The van der Waals surface area contributed by atoms with Gasteiger partial charge in [0.25, 0.3) is 5.91 Å². The van der Waals surface area contributed by atoms with Crippen LogP contribution in [-0.2, 0) is 6.54 Å². The third-order valence-corrected chi connectivity index (χ3v) is 3.75. The molecule has 0 aliphatic heterocycles. The number of alkyl halides is 3. The summed E-state index contributed by atoms with van der Waals surface area (Å²) in [4.78, 5) is 16.1. The van der Waals surface area contributed by atoms with Gasteiger partial charge in [-0.15, -0.1) is 23.7 Å². The number of hydrogen-bond donors (Lipinski definition) is 2. The first-order valence-corrected chi connectivity index (χ1v) is 7.43. The Balaban J connectivity index is 0.00000288. The molecule has 0 aliphatic carbocycles. The smallest absolute Gasteiger partial charge is 0.422 e. The number of ether oxygens (including phenoxy) is 1. The predicted molar refractivity (Wildman–Crippen MR) is 87.9 cm³/mol. The Morgan fingerprint density at radius 2 is 2.12 bits per heavy atom. The van der Waals surface area contributed by atoms with Crippen molar-refractivity contribution in [2.45, 2.75) is 19.6 Å². The number of rotatable bonds is 5. The van der Waals surface area contributed by atoms with Gasteiger partial charge in [-0.2, -0.15) is 13.2 Å². The highest BCUT2D eigenvalue weighted by atomic mass is 35.5.